The zero-order valence-electron chi connectivity index (χ0n) is 14.8. The van der Waals surface area contributed by atoms with Gasteiger partial charge in [0.2, 0.25) is 0 Å². The third-order valence-corrected chi connectivity index (χ3v) is 4.50. The average Bonchev–Trinajstić information content (AvgIpc) is 2.95. The van der Waals surface area contributed by atoms with Gasteiger partial charge in [0.25, 0.3) is 5.91 Å². The molecule has 1 heterocycles. The van der Waals surface area contributed by atoms with E-state index < -0.39 is 11.9 Å². The predicted octanol–water partition coefficient (Wildman–Crippen LogP) is 3.32. The zero-order chi connectivity index (χ0) is 18.6. The molecule has 138 valence electrons. The van der Waals surface area contributed by atoms with E-state index in [4.69, 9.17) is 21.1 Å². The standard InChI is InChI=1S/C18H24ClNO5/c1-4-6-25-16-14(19)7-12(8-15(16)24-5-2)17(21)20-9-11(3)13(10-20)18(22)23/h7-8,11,13H,4-6,9-10H2,1-3H3,(H,22,23)/t11-,13-/m1/s1. The monoisotopic (exact) mass is 369 g/mol. The van der Waals surface area contributed by atoms with Crippen molar-refractivity contribution in [1.82, 2.24) is 4.90 Å². The van der Waals surface area contributed by atoms with Gasteiger partial charge in [-0.15, -0.1) is 0 Å². The summed E-state index contributed by atoms with van der Waals surface area (Å²) in [5.74, 6) is -0.901. The van der Waals surface area contributed by atoms with Crippen molar-refractivity contribution in [2.75, 3.05) is 26.3 Å². The molecule has 7 heteroatoms. The van der Waals surface area contributed by atoms with Gasteiger partial charge in [0.15, 0.2) is 11.5 Å². The van der Waals surface area contributed by atoms with Crippen LogP contribution in [0.15, 0.2) is 12.1 Å². The van der Waals surface area contributed by atoms with Gasteiger partial charge < -0.3 is 19.5 Å². The first kappa shape index (κ1) is 19.4. The van der Waals surface area contributed by atoms with Gasteiger partial charge in [-0.3, -0.25) is 9.59 Å². The number of ether oxygens (including phenoxy) is 2. The second-order valence-corrected chi connectivity index (χ2v) is 6.61. The number of halogens is 1. The molecule has 2 rings (SSSR count). The number of benzene rings is 1. The van der Waals surface area contributed by atoms with Crippen LogP contribution in [0.1, 0.15) is 37.6 Å². The highest BCUT2D eigenvalue weighted by atomic mass is 35.5. The van der Waals surface area contributed by atoms with Crippen LogP contribution in [0.2, 0.25) is 5.02 Å². The molecule has 0 aliphatic carbocycles. The van der Waals surface area contributed by atoms with E-state index in [9.17, 15) is 14.7 Å². The minimum atomic E-state index is -0.876. The molecule has 1 aromatic rings. The third kappa shape index (κ3) is 4.37. The van der Waals surface area contributed by atoms with E-state index in [1.54, 1.807) is 17.0 Å². The van der Waals surface area contributed by atoms with Crippen molar-refractivity contribution < 1.29 is 24.2 Å². The summed E-state index contributed by atoms with van der Waals surface area (Å²) < 4.78 is 11.2. The summed E-state index contributed by atoms with van der Waals surface area (Å²) in [6.45, 7) is 7.18. The normalized spacial score (nSPS) is 19.8. The Hall–Kier alpha value is -1.95. The Morgan fingerprint density at radius 1 is 1.28 bits per heavy atom. The lowest BCUT2D eigenvalue weighted by atomic mass is 9.99. The number of carboxylic acids is 1. The first-order chi connectivity index (χ1) is 11.9. The maximum Gasteiger partial charge on any atom is 0.308 e. The van der Waals surface area contributed by atoms with Crippen molar-refractivity contribution in [1.29, 1.82) is 0 Å². The van der Waals surface area contributed by atoms with Crippen LogP contribution in [0.25, 0.3) is 0 Å². The van der Waals surface area contributed by atoms with E-state index >= 15 is 0 Å². The van der Waals surface area contributed by atoms with Crippen LogP contribution in [0, 0.1) is 11.8 Å². The van der Waals surface area contributed by atoms with Crippen molar-refractivity contribution in [3.8, 4) is 11.5 Å². The molecular formula is C18H24ClNO5. The summed E-state index contributed by atoms with van der Waals surface area (Å²) in [6, 6.07) is 3.16. The quantitative estimate of drug-likeness (QED) is 0.797. The second-order valence-electron chi connectivity index (χ2n) is 6.20. The van der Waals surface area contributed by atoms with Crippen molar-refractivity contribution in [3.63, 3.8) is 0 Å². The number of nitrogens with zero attached hydrogens (tertiary/aromatic N) is 1. The first-order valence-electron chi connectivity index (χ1n) is 8.50. The molecule has 1 aliphatic rings. The Bertz CT molecular complexity index is 649. The summed E-state index contributed by atoms with van der Waals surface area (Å²) in [7, 11) is 0. The van der Waals surface area contributed by atoms with Crippen LogP contribution in [0.5, 0.6) is 11.5 Å². The van der Waals surface area contributed by atoms with Gasteiger partial charge in [0.05, 0.1) is 24.2 Å². The fraction of sp³-hybridized carbons (Fsp3) is 0.556. The molecule has 0 bridgehead atoms. The summed E-state index contributed by atoms with van der Waals surface area (Å²) in [5.41, 5.74) is 0.371. The third-order valence-electron chi connectivity index (χ3n) is 4.22. The van der Waals surface area contributed by atoms with Crippen LogP contribution < -0.4 is 9.47 Å². The number of aliphatic carboxylic acids is 1. The second kappa shape index (κ2) is 8.43. The number of likely N-dealkylation sites (tertiary alicyclic amines) is 1. The maximum absolute atomic E-state index is 12.8. The molecular weight excluding hydrogens is 346 g/mol. The van der Waals surface area contributed by atoms with Crippen molar-refractivity contribution >= 4 is 23.5 Å². The van der Waals surface area contributed by atoms with E-state index in [0.29, 0.717) is 41.8 Å². The Morgan fingerprint density at radius 3 is 2.56 bits per heavy atom. The summed E-state index contributed by atoms with van der Waals surface area (Å²) >= 11 is 6.29. The number of amides is 1. The molecule has 6 nitrogen and oxygen atoms in total. The zero-order valence-corrected chi connectivity index (χ0v) is 15.5. The predicted molar refractivity (Wildman–Crippen MR) is 94.6 cm³/mol. The lowest BCUT2D eigenvalue weighted by molar-refractivity contribution is -0.142. The van der Waals surface area contributed by atoms with Gasteiger partial charge in [-0.05, 0) is 31.4 Å². The number of rotatable bonds is 7. The summed E-state index contributed by atoms with van der Waals surface area (Å²) in [5, 5.41) is 9.55. The molecule has 0 spiro atoms. The van der Waals surface area contributed by atoms with Gasteiger partial charge in [0, 0.05) is 18.7 Å². The molecule has 1 saturated heterocycles. The topological polar surface area (TPSA) is 76.1 Å². The lowest BCUT2D eigenvalue weighted by Gasteiger charge is -2.19. The Morgan fingerprint density at radius 2 is 2.00 bits per heavy atom. The minimum Gasteiger partial charge on any atom is -0.490 e. The molecule has 1 aromatic carbocycles. The van der Waals surface area contributed by atoms with E-state index in [1.165, 1.54) is 0 Å². The van der Waals surface area contributed by atoms with Crippen molar-refractivity contribution in [2.24, 2.45) is 11.8 Å². The van der Waals surface area contributed by atoms with Crippen LogP contribution in [-0.4, -0.2) is 48.2 Å². The number of hydrogen-bond donors (Lipinski definition) is 1. The molecule has 1 aliphatic heterocycles. The van der Waals surface area contributed by atoms with Crippen LogP contribution in [-0.2, 0) is 4.79 Å². The van der Waals surface area contributed by atoms with Crippen molar-refractivity contribution in [3.05, 3.63) is 22.7 Å². The minimum absolute atomic E-state index is 0.0876. The van der Waals surface area contributed by atoms with Crippen molar-refractivity contribution in [2.45, 2.75) is 27.2 Å². The molecule has 0 unspecified atom stereocenters. The van der Waals surface area contributed by atoms with Gasteiger partial charge in [-0.25, -0.2) is 0 Å². The highest BCUT2D eigenvalue weighted by Crippen LogP contribution is 2.37. The molecule has 2 atom stereocenters. The van der Waals surface area contributed by atoms with E-state index in [-0.39, 0.29) is 18.4 Å². The first-order valence-corrected chi connectivity index (χ1v) is 8.88. The van der Waals surface area contributed by atoms with E-state index in [2.05, 4.69) is 0 Å². The molecule has 0 saturated carbocycles. The van der Waals surface area contributed by atoms with Crippen LogP contribution in [0.3, 0.4) is 0 Å². The highest BCUT2D eigenvalue weighted by Gasteiger charge is 2.37. The molecule has 1 N–H and O–H groups in total. The summed E-state index contributed by atoms with van der Waals surface area (Å²) in [6.07, 6.45) is 0.824. The number of carbonyl (C=O) groups excluding carboxylic acids is 1. The average molecular weight is 370 g/mol. The Kier molecular flexibility index (Phi) is 6.53. The smallest absolute Gasteiger partial charge is 0.308 e. The van der Waals surface area contributed by atoms with E-state index in [1.807, 2.05) is 20.8 Å². The van der Waals surface area contributed by atoms with Gasteiger partial charge >= 0.3 is 5.97 Å². The van der Waals surface area contributed by atoms with Gasteiger partial charge in [0.1, 0.15) is 0 Å². The van der Waals surface area contributed by atoms with Crippen LogP contribution in [0.4, 0.5) is 0 Å². The van der Waals surface area contributed by atoms with E-state index in [0.717, 1.165) is 6.42 Å². The lowest BCUT2D eigenvalue weighted by Crippen LogP contribution is -2.30. The Balaban J connectivity index is 2.26. The molecule has 1 amide bonds. The SMILES string of the molecule is CCCOc1c(Cl)cc(C(=O)N2C[C@@H](C)[C@H](C(=O)O)C2)cc1OCC. The number of carboxylic acid groups (broad SMARTS) is 1. The van der Waals surface area contributed by atoms with Crippen LogP contribution >= 0.6 is 11.6 Å². The number of hydrogen-bond acceptors (Lipinski definition) is 4. The fourth-order valence-electron chi connectivity index (χ4n) is 2.94. The molecule has 1 fully saturated rings. The summed E-state index contributed by atoms with van der Waals surface area (Å²) in [4.78, 5) is 25.6. The highest BCUT2D eigenvalue weighted by molar-refractivity contribution is 6.32. The maximum atomic E-state index is 12.8. The van der Waals surface area contributed by atoms with Gasteiger partial charge in [-0.1, -0.05) is 25.4 Å². The number of carbonyl (C=O) groups is 2. The molecule has 25 heavy (non-hydrogen) atoms. The van der Waals surface area contributed by atoms with Gasteiger partial charge in [-0.2, -0.15) is 0 Å². The Labute approximate surface area is 152 Å². The fourth-order valence-corrected chi connectivity index (χ4v) is 3.20. The molecule has 0 radical (unpaired) electrons. The molecule has 0 aromatic heterocycles. The largest absolute Gasteiger partial charge is 0.490 e.